The van der Waals surface area contributed by atoms with E-state index in [1.165, 1.54) is 6.07 Å². The maximum Gasteiger partial charge on any atom is 0.143 e. The first-order chi connectivity index (χ1) is 9.83. The van der Waals surface area contributed by atoms with Gasteiger partial charge in [0.2, 0.25) is 0 Å². The number of rotatable bonds is 4. The number of aromatic nitrogens is 1. The van der Waals surface area contributed by atoms with Crippen molar-refractivity contribution in [2.24, 2.45) is 0 Å². The summed E-state index contributed by atoms with van der Waals surface area (Å²) in [5.74, 6) is 0.522. The fraction of sp³-hybridized carbons (Fsp3) is 0.312. The highest BCUT2D eigenvalue weighted by Gasteiger charge is 2.17. The number of benzene rings is 1. The van der Waals surface area contributed by atoms with Crippen LogP contribution in [0.25, 0.3) is 0 Å². The average molecular weight is 272 g/mol. The van der Waals surface area contributed by atoms with Crippen molar-refractivity contribution in [2.75, 3.05) is 18.0 Å². The van der Waals surface area contributed by atoms with E-state index in [1.807, 2.05) is 12.1 Å². The molecule has 1 saturated heterocycles. The van der Waals surface area contributed by atoms with Crippen molar-refractivity contribution in [3.63, 3.8) is 0 Å². The summed E-state index contributed by atoms with van der Waals surface area (Å²) >= 11 is 0. The van der Waals surface area contributed by atoms with E-state index in [4.69, 9.17) is 4.74 Å². The van der Waals surface area contributed by atoms with Crippen molar-refractivity contribution in [1.82, 2.24) is 4.98 Å². The van der Waals surface area contributed by atoms with Gasteiger partial charge in [0, 0.05) is 31.5 Å². The summed E-state index contributed by atoms with van der Waals surface area (Å²) in [4.78, 5) is 6.16. The Kier molecular flexibility index (Phi) is 3.81. The zero-order valence-corrected chi connectivity index (χ0v) is 11.3. The standard InChI is InChI=1S/C16H17FN2O/c17-14-3-4-16(15(11-14)19-9-1-2-10-19)20-12-13-5-7-18-8-6-13/h3-8,11H,1-2,9-10,12H2. The Bertz CT molecular complexity index is 568. The summed E-state index contributed by atoms with van der Waals surface area (Å²) in [5, 5.41) is 0. The molecule has 0 atom stereocenters. The summed E-state index contributed by atoms with van der Waals surface area (Å²) in [6.07, 6.45) is 5.79. The Balaban J connectivity index is 1.78. The Morgan fingerprint density at radius 3 is 2.60 bits per heavy atom. The summed E-state index contributed by atoms with van der Waals surface area (Å²) in [7, 11) is 0. The molecular weight excluding hydrogens is 255 g/mol. The van der Waals surface area contributed by atoms with Crippen LogP contribution in [-0.2, 0) is 6.61 Å². The molecule has 1 aromatic heterocycles. The first kappa shape index (κ1) is 12.9. The van der Waals surface area contributed by atoms with E-state index in [9.17, 15) is 4.39 Å². The van der Waals surface area contributed by atoms with Crippen LogP contribution < -0.4 is 9.64 Å². The predicted octanol–water partition coefficient (Wildman–Crippen LogP) is 3.40. The maximum absolute atomic E-state index is 13.5. The van der Waals surface area contributed by atoms with Crippen LogP contribution >= 0.6 is 0 Å². The van der Waals surface area contributed by atoms with Crippen LogP contribution in [0.15, 0.2) is 42.7 Å². The molecule has 0 aliphatic carbocycles. The number of halogens is 1. The van der Waals surface area contributed by atoms with Crippen molar-refractivity contribution in [1.29, 1.82) is 0 Å². The second kappa shape index (κ2) is 5.90. The molecule has 3 nitrogen and oxygen atoms in total. The second-order valence-electron chi connectivity index (χ2n) is 4.95. The van der Waals surface area contributed by atoms with Crippen LogP contribution in [0, 0.1) is 5.82 Å². The van der Waals surface area contributed by atoms with E-state index in [1.54, 1.807) is 24.5 Å². The first-order valence-electron chi connectivity index (χ1n) is 6.89. The summed E-state index contributed by atoms with van der Waals surface area (Å²) in [5.41, 5.74) is 1.91. The van der Waals surface area contributed by atoms with Gasteiger partial charge in [-0.1, -0.05) is 0 Å². The zero-order valence-electron chi connectivity index (χ0n) is 11.3. The molecule has 3 rings (SSSR count). The lowest BCUT2D eigenvalue weighted by molar-refractivity contribution is 0.306. The largest absolute Gasteiger partial charge is 0.487 e. The molecule has 0 spiro atoms. The van der Waals surface area contributed by atoms with Crippen LogP contribution in [0.2, 0.25) is 0 Å². The second-order valence-corrected chi connectivity index (χ2v) is 4.95. The van der Waals surface area contributed by atoms with Crippen molar-refractivity contribution < 1.29 is 9.13 Å². The fourth-order valence-electron chi connectivity index (χ4n) is 2.46. The molecule has 0 radical (unpaired) electrons. The van der Waals surface area contributed by atoms with Gasteiger partial charge in [0.25, 0.3) is 0 Å². The molecule has 2 aromatic rings. The smallest absolute Gasteiger partial charge is 0.143 e. The third-order valence-electron chi connectivity index (χ3n) is 3.51. The molecule has 1 aliphatic heterocycles. The summed E-state index contributed by atoms with van der Waals surface area (Å²) in [6, 6.07) is 8.55. The van der Waals surface area contributed by atoms with Gasteiger partial charge in [-0.2, -0.15) is 0 Å². The van der Waals surface area contributed by atoms with E-state index < -0.39 is 0 Å². The number of nitrogens with zero attached hydrogens (tertiary/aromatic N) is 2. The van der Waals surface area contributed by atoms with Gasteiger partial charge < -0.3 is 9.64 Å². The highest BCUT2D eigenvalue weighted by Crippen LogP contribution is 2.32. The summed E-state index contributed by atoms with van der Waals surface area (Å²) in [6.45, 7) is 2.40. The Hall–Kier alpha value is -2.10. The van der Waals surface area contributed by atoms with Gasteiger partial charge in [-0.3, -0.25) is 4.98 Å². The van der Waals surface area contributed by atoms with Crippen LogP contribution in [0.1, 0.15) is 18.4 Å². The van der Waals surface area contributed by atoms with E-state index >= 15 is 0 Å². The van der Waals surface area contributed by atoms with Gasteiger partial charge in [-0.15, -0.1) is 0 Å². The quantitative estimate of drug-likeness (QED) is 0.853. The molecule has 104 valence electrons. The predicted molar refractivity (Wildman–Crippen MR) is 76.4 cm³/mol. The van der Waals surface area contributed by atoms with Crippen LogP contribution in [0.5, 0.6) is 5.75 Å². The van der Waals surface area contributed by atoms with E-state index in [0.29, 0.717) is 6.61 Å². The maximum atomic E-state index is 13.5. The van der Waals surface area contributed by atoms with Gasteiger partial charge in [0.1, 0.15) is 18.2 Å². The lowest BCUT2D eigenvalue weighted by Crippen LogP contribution is -2.18. The number of hydrogen-bond acceptors (Lipinski definition) is 3. The van der Waals surface area contributed by atoms with Crippen molar-refractivity contribution in [3.8, 4) is 5.75 Å². The molecule has 4 heteroatoms. The first-order valence-corrected chi connectivity index (χ1v) is 6.89. The molecule has 0 N–H and O–H groups in total. The van der Waals surface area contributed by atoms with Gasteiger partial charge >= 0.3 is 0 Å². The fourth-order valence-corrected chi connectivity index (χ4v) is 2.46. The van der Waals surface area contributed by atoms with Gasteiger partial charge in [0.05, 0.1) is 5.69 Å². The lowest BCUT2D eigenvalue weighted by atomic mass is 10.2. The number of anilines is 1. The van der Waals surface area contributed by atoms with Crippen molar-refractivity contribution in [2.45, 2.75) is 19.4 Å². The molecule has 0 saturated carbocycles. The van der Waals surface area contributed by atoms with Gasteiger partial charge in [-0.25, -0.2) is 4.39 Å². The van der Waals surface area contributed by atoms with Crippen molar-refractivity contribution >= 4 is 5.69 Å². The van der Waals surface area contributed by atoms with E-state index in [0.717, 1.165) is 42.9 Å². The minimum absolute atomic E-state index is 0.219. The van der Waals surface area contributed by atoms with Crippen LogP contribution in [-0.4, -0.2) is 18.1 Å². The minimum atomic E-state index is -0.219. The molecule has 20 heavy (non-hydrogen) atoms. The Morgan fingerprint density at radius 1 is 1.10 bits per heavy atom. The molecule has 0 bridgehead atoms. The van der Waals surface area contributed by atoms with Crippen molar-refractivity contribution in [3.05, 3.63) is 54.1 Å². The lowest BCUT2D eigenvalue weighted by Gasteiger charge is -2.21. The molecule has 0 amide bonds. The molecule has 1 aliphatic rings. The highest BCUT2D eigenvalue weighted by molar-refractivity contribution is 5.59. The molecule has 1 aromatic carbocycles. The number of ether oxygens (including phenoxy) is 1. The molecule has 1 fully saturated rings. The monoisotopic (exact) mass is 272 g/mol. The highest BCUT2D eigenvalue weighted by atomic mass is 19.1. The molecular formula is C16H17FN2O. The minimum Gasteiger partial charge on any atom is -0.487 e. The normalized spacial score (nSPS) is 14.6. The van der Waals surface area contributed by atoms with Crippen LogP contribution in [0.4, 0.5) is 10.1 Å². The number of pyridine rings is 1. The van der Waals surface area contributed by atoms with Gasteiger partial charge in [0.15, 0.2) is 0 Å². The average Bonchev–Trinajstić information content (AvgIpc) is 3.01. The third-order valence-corrected chi connectivity index (χ3v) is 3.51. The topological polar surface area (TPSA) is 25.4 Å². The Morgan fingerprint density at radius 2 is 1.85 bits per heavy atom. The Labute approximate surface area is 118 Å². The number of hydrogen-bond donors (Lipinski definition) is 0. The third kappa shape index (κ3) is 2.90. The van der Waals surface area contributed by atoms with E-state index in [2.05, 4.69) is 9.88 Å². The van der Waals surface area contributed by atoms with E-state index in [-0.39, 0.29) is 5.82 Å². The summed E-state index contributed by atoms with van der Waals surface area (Å²) < 4.78 is 19.3. The zero-order chi connectivity index (χ0) is 13.8. The molecule has 2 heterocycles. The van der Waals surface area contributed by atoms with Crippen LogP contribution in [0.3, 0.4) is 0 Å². The van der Waals surface area contributed by atoms with Gasteiger partial charge in [-0.05, 0) is 42.7 Å². The SMILES string of the molecule is Fc1ccc(OCc2ccncc2)c(N2CCCC2)c1. The molecule has 0 unspecified atom stereocenters.